The Hall–Kier alpha value is -0.860. The van der Waals surface area contributed by atoms with Crippen molar-refractivity contribution in [2.45, 2.75) is 51.0 Å². The van der Waals surface area contributed by atoms with Gasteiger partial charge in [-0.3, -0.25) is 4.99 Å². The van der Waals surface area contributed by atoms with E-state index in [4.69, 9.17) is 4.74 Å². The molecule has 1 aliphatic heterocycles. The van der Waals surface area contributed by atoms with Crippen molar-refractivity contribution in [3.8, 4) is 0 Å². The average molecular weight is 502 g/mol. The molecule has 1 aliphatic rings. The van der Waals surface area contributed by atoms with Crippen molar-refractivity contribution in [3.05, 3.63) is 35.4 Å². The largest absolute Gasteiger partial charge is 0.381 e. The van der Waals surface area contributed by atoms with Crippen LogP contribution in [0.5, 0.6) is 0 Å². The molecule has 1 fully saturated rings. The molecule has 0 aliphatic carbocycles. The van der Waals surface area contributed by atoms with E-state index in [1.165, 1.54) is 11.1 Å². The third-order valence-corrected chi connectivity index (χ3v) is 5.71. The molecule has 0 bridgehead atoms. The second kappa shape index (κ2) is 11.4. The van der Waals surface area contributed by atoms with Crippen molar-refractivity contribution in [1.29, 1.82) is 0 Å². The zero-order valence-electron chi connectivity index (χ0n) is 18.5. The smallest absolute Gasteiger partial charge is 0.191 e. The van der Waals surface area contributed by atoms with E-state index < -0.39 is 0 Å². The molecule has 2 N–H and O–H groups in total. The predicted octanol–water partition coefficient (Wildman–Crippen LogP) is 3.42. The standard InChI is InChI=1S/C22H38N4O.HI/c1-21(2,3)19-9-7-18(8-10-19)11-14-24-20(23-4)25-17-22(26(5)6)12-15-27-16-13-22;/h7-10H,11-17H2,1-6H3,(H2,23,24,25);1H. The van der Waals surface area contributed by atoms with E-state index in [-0.39, 0.29) is 34.9 Å². The third-order valence-electron chi connectivity index (χ3n) is 5.71. The monoisotopic (exact) mass is 502 g/mol. The first-order valence-corrected chi connectivity index (χ1v) is 10.1. The number of hydrogen-bond donors (Lipinski definition) is 2. The molecule has 0 amide bonds. The van der Waals surface area contributed by atoms with Gasteiger partial charge in [-0.1, -0.05) is 45.0 Å². The molecule has 1 aromatic rings. The van der Waals surface area contributed by atoms with Crippen molar-refractivity contribution in [3.63, 3.8) is 0 Å². The number of rotatable bonds is 6. The first-order chi connectivity index (χ1) is 12.8. The highest BCUT2D eigenvalue weighted by Gasteiger charge is 2.34. The number of nitrogens with zero attached hydrogens (tertiary/aromatic N) is 2. The quantitative estimate of drug-likeness (QED) is 0.356. The molecule has 0 spiro atoms. The second-order valence-electron chi connectivity index (χ2n) is 8.78. The summed E-state index contributed by atoms with van der Waals surface area (Å²) in [5.74, 6) is 0.869. The fourth-order valence-electron chi connectivity index (χ4n) is 3.50. The maximum absolute atomic E-state index is 5.55. The molecule has 6 heteroatoms. The molecule has 0 aromatic heterocycles. The summed E-state index contributed by atoms with van der Waals surface area (Å²) >= 11 is 0. The lowest BCUT2D eigenvalue weighted by atomic mass is 9.86. The van der Waals surface area contributed by atoms with Crippen LogP contribution < -0.4 is 10.6 Å². The number of benzene rings is 1. The van der Waals surface area contributed by atoms with E-state index in [2.05, 4.69) is 79.7 Å². The van der Waals surface area contributed by atoms with Crippen LogP contribution in [0.1, 0.15) is 44.7 Å². The summed E-state index contributed by atoms with van der Waals surface area (Å²) < 4.78 is 5.55. The van der Waals surface area contributed by atoms with Gasteiger partial charge in [0.2, 0.25) is 0 Å². The third kappa shape index (κ3) is 7.19. The number of guanidine groups is 1. The molecule has 28 heavy (non-hydrogen) atoms. The number of hydrogen-bond acceptors (Lipinski definition) is 3. The van der Waals surface area contributed by atoms with Crippen LogP contribution in [0.15, 0.2) is 29.3 Å². The van der Waals surface area contributed by atoms with Crippen molar-refractivity contribution in [2.75, 3.05) is 47.4 Å². The molecule has 1 saturated heterocycles. The predicted molar refractivity (Wildman–Crippen MR) is 130 cm³/mol. The fourth-order valence-corrected chi connectivity index (χ4v) is 3.50. The summed E-state index contributed by atoms with van der Waals surface area (Å²) in [5, 5.41) is 6.97. The lowest BCUT2D eigenvalue weighted by Crippen LogP contribution is -2.57. The van der Waals surface area contributed by atoms with Crippen LogP contribution >= 0.6 is 24.0 Å². The molecule has 1 heterocycles. The van der Waals surface area contributed by atoms with Crippen molar-refractivity contribution < 1.29 is 4.74 Å². The Balaban J connectivity index is 0.00000392. The van der Waals surface area contributed by atoms with E-state index in [0.29, 0.717) is 0 Å². The molecule has 0 atom stereocenters. The van der Waals surface area contributed by atoms with E-state index >= 15 is 0 Å². The summed E-state index contributed by atoms with van der Waals surface area (Å²) in [6, 6.07) is 8.96. The topological polar surface area (TPSA) is 48.9 Å². The van der Waals surface area contributed by atoms with Crippen molar-refractivity contribution in [1.82, 2.24) is 15.5 Å². The molecule has 0 unspecified atom stereocenters. The van der Waals surface area contributed by atoms with E-state index in [1.54, 1.807) is 0 Å². The summed E-state index contributed by atoms with van der Waals surface area (Å²) in [6.07, 6.45) is 3.08. The van der Waals surface area contributed by atoms with Crippen LogP contribution in [-0.2, 0) is 16.6 Å². The van der Waals surface area contributed by atoms with Crippen LogP contribution in [0.25, 0.3) is 0 Å². The Morgan fingerprint density at radius 3 is 2.21 bits per heavy atom. The number of ether oxygens (including phenoxy) is 1. The van der Waals surface area contributed by atoms with Crippen LogP contribution in [0.2, 0.25) is 0 Å². The Bertz CT molecular complexity index is 602. The molecule has 0 radical (unpaired) electrons. The summed E-state index contributed by atoms with van der Waals surface area (Å²) in [5.41, 5.74) is 3.07. The van der Waals surface area contributed by atoms with Gasteiger partial charge < -0.3 is 20.3 Å². The summed E-state index contributed by atoms with van der Waals surface area (Å²) in [7, 11) is 6.15. The van der Waals surface area contributed by atoms with Crippen molar-refractivity contribution in [2.24, 2.45) is 4.99 Å². The minimum absolute atomic E-state index is 0. The second-order valence-corrected chi connectivity index (χ2v) is 8.78. The molecule has 2 rings (SSSR count). The summed E-state index contributed by atoms with van der Waals surface area (Å²) in [4.78, 5) is 6.71. The minimum Gasteiger partial charge on any atom is -0.381 e. The molecule has 0 saturated carbocycles. The molecule has 5 nitrogen and oxygen atoms in total. The Labute approximate surface area is 188 Å². The first-order valence-electron chi connectivity index (χ1n) is 10.1. The SMILES string of the molecule is CN=C(NCCc1ccc(C(C)(C)C)cc1)NCC1(N(C)C)CCOCC1.I. The van der Waals surface area contributed by atoms with Gasteiger partial charge in [0.25, 0.3) is 0 Å². The molecule has 1 aromatic carbocycles. The summed E-state index contributed by atoms with van der Waals surface area (Å²) in [6.45, 7) is 10.2. The first kappa shape index (κ1) is 25.2. The molecular formula is C22H39IN4O. The lowest BCUT2D eigenvalue weighted by Gasteiger charge is -2.43. The van der Waals surface area contributed by atoms with Crippen LogP contribution in [0.3, 0.4) is 0 Å². The fraction of sp³-hybridized carbons (Fsp3) is 0.682. The van der Waals surface area contributed by atoms with Gasteiger partial charge in [0.05, 0.1) is 0 Å². The van der Waals surface area contributed by atoms with Gasteiger partial charge in [0.1, 0.15) is 0 Å². The van der Waals surface area contributed by atoms with E-state index in [0.717, 1.165) is 51.5 Å². The van der Waals surface area contributed by atoms with Gasteiger partial charge in [-0.15, -0.1) is 24.0 Å². The normalized spacial score (nSPS) is 17.2. The van der Waals surface area contributed by atoms with Crippen molar-refractivity contribution >= 4 is 29.9 Å². The molecular weight excluding hydrogens is 463 g/mol. The highest BCUT2D eigenvalue weighted by atomic mass is 127. The van der Waals surface area contributed by atoms with Gasteiger partial charge in [-0.25, -0.2) is 0 Å². The Morgan fingerprint density at radius 2 is 1.71 bits per heavy atom. The maximum atomic E-state index is 5.55. The van der Waals surface area contributed by atoms with Gasteiger partial charge in [-0.2, -0.15) is 0 Å². The van der Waals surface area contributed by atoms with Gasteiger partial charge >= 0.3 is 0 Å². The number of nitrogens with one attached hydrogen (secondary N) is 2. The van der Waals surface area contributed by atoms with Crippen LogP contribution in [0.4, 0.5) is 0 Å². The highest BCUT2D eigenvalue weighted by molar-refractivity contribution is 14.0. The van der Waals surface area contributed by atoms with E-state index in [1.807, 2.05) is 7.05 Å². The Kier molecular flexibility index (Phi) is 10.2. The van der Waals surface area contributed by atoms with Crippen LogP contribution in [0, 0.1) is 0 Å². The number of likely N-dealkylation sites (N-methyl/N-ethyl adjacent to an activating group) is 1. The van der Waals surface area contributed by atoms with E-state index in [9.17, 15) is 0 Å². The average Bonchev–Trinajstić information content (AvgIpc) is 2.64. The van der Waals surface area contributed by atoms with Gasteiger partial charge in [0.15, 0.2) is 5.96 Å². The van der Waals surface area contributed by atoms with Gasteiger partial charge in [-0.05, 0) is 49.9 Å². The van der Waals surface area contributed by atoms with Gasteiger partial charge in [0, 0.05) is 38.9 Å². The highest BCUT2D eigenvalue weighted by Crippen LogP contribution is 2.25. The molecule has 160 valence electrons. The lowest BCUT2D eigenvalue weighted by molar-refractivity contribution is -0.00501. The number of aliphatic imine (C=N–C) groups is 1. The van der Waals surface area contributed by atoms with Crippen LogP contribution in [-0.4, -0.2) is 63.8 Å². The maximum Gasteiger partial charge on any atom is 0.191 e. The Morgan fingerprint density at radius 1 is 1.11 bits per heavy atom. The zero-order chi connectivity index (χ0) is 19.9. The zero-order valence-corrected chi connectivity index (χ0v) is 20.8. The number of halogens is 1. The minimum atomic E-state index is 0.